The minimum Gasteiger partial charge on any atom is -0.462 e. The third-order valence-corrected chi connectivity index (χ3v) is 4.54. The smallest absolute Gasteiger partial charge is 0.339 e. The fourth-order valence-electron chi connectivity index (χ4n) is 2.70. The maximum absolute atomic E-state index is 12.5. The molecule has 1 aromatic heterocycles. The van der Waals surface area contributed by atoms with Gasteiger partial charge in [-0.1, -0.05) is 23.7 Å². The third kappa shape index (κ3) is 4.58. The standard InChI is InChI=1S/C21H20ClN3O3/c1-3-28-21(27)18-12-17(8-9-19(18)22)24-20(26)16-6-4-15(5-7-16)13-25-11-10-23-14(25)2/h4-12H,3,13H2,1-2H3,(H,24,26). The second-order valence-electron chi connectivity index (χ2n) is 6.17. The number of nitrogens with zero attached hydrogens (tertiary/aromatic N) is 2. The summed E-state index contributed by atoms with van der Waals surface area (Å²) in [4.78, 5) is 28.7. The van der Waals surface area contributed by atoms with Gasteiger partial charge in [0.05, 0.1) is 17.2 Å². The lowest BCUT2D eigenvalue weighted by Crippen LogP contribution is -2.13. The molecule has 0 fully saturated rings. The van der Waals surface area contributed by atoms with Crippen LogP contribution in [0.1, 0.15) is 39.0 Å². The van der Waals surface area contributed by atoms with Crippen molar-refractivity contribution in [3.63, 3.8) is 0 Å². The topological polar surface area (TPSA) is 73.2 Å². The number of rotatable bonds is 6. The fraction of sp³-hybridized carbons (Fsp3) is 0.190. The van der Waals surface area contributed by atoms with E-state index in [-0.39, 0.29) is 23.1 Å². The summed E-state index contributed by atoms with van der Waals surface area (Å²) in [6.07, 6.45) is 3.67. The summed E-state index contributed by atoms with van der Waals surface area (Å²) in [5, 5.41) is 3.05. The molecule has 3 aromatic rings. The molecule has 0 saturated carbocycles. The largest absolute Gasteiger partial charge is 0.462 e. The first kappa shape index (κ1) is 19.6. The summed E-state index contributed by atoms with van der Waals surface area (Å²) in [7, 11) is 0. The number of aromatic nitrogens is 2. The zero-order valence-electron chi connectivity index (χ0n) is 15.6. The second-order valence-corrected chi connectivity index (χ2v) is 6.58. The Morgan fingerprint density at radius 1 is 1.18 bits per heavy atom. The lowest BCUT2D eigenvalue weighted by molar-refractivity contribution is 0.0526. The van der Waals surface area contributed by atoms with E-state index in [2.05, 4.69) is 10.3 Å². The molecule has 0 bridgehead atoms. The second kappa shape index (κ2) is 8.71. The highest BCUT2D eigenvalue weighted by Gasteiger charge is 2.14. The van der Waals surface area contributed by atoms with Gasteiger partial charge in [0.25, 0.3) is 5.91 Å². The van der Waals surface area contributed by atoms with E-state index in [0.717, 1.165) is 11.4 Å². The van der Waals surface area contributed by atoms with E-state index >= 15 is 0 Å². The highest BCUT2D eigenvalue weighted by Crippen LogP contribution is 2.22. The van der Waals surface area contributed by atoms with Gasteiger partial charge < -0.3 is 14.6 Å². The van der Waals surface area contributed by atoms with Crippen molar-refractivity contribution in [2.75, 3.05) is 11.9 Å². The maximum atomic E-state index is 12.5. The minimum absolute atomic E-state index is 0.215. The number of esters is 1. The highest BCUT2D eigenvalue weighted by atomic mass is 35.5. The van der Waals surface area contributed by atoms with Gasteiger partial charge in [-0.25, -0.2) is 9.78 Å². The zero-order chi connectivity index (χ0) is 20.1. The SMILES string of the molecule is CCOC(=O)c1cc(NC(=O)c2ccc(Cn3ccnc3C)cc2)ccc1Cl. The number of carbonyl (C=O) groups is 2. The predicted octanol–water partition coefficient (Wildman–Crippen LogP) is 4.32. The Morgan fingerprint density at radius 3 is 2.57 bits per heavy atom. The Morgan fingerprint density at radius 2 is 1.93 bits per heavy atom. The van der Waals surface area contributed by atoms with Crippen LogP contribution in [0.2, 0.25) is 5.02 Å². The summed E-state index contributed by atoms with van der Waals surface area (Å²) in [5.74, 6) is 0.132. The van der Waals surface area contributed by atoms with Crippen molar-refractivity contribution < 1.29 is 14.3 Å². The van der Waals surface area contributed by atoms with E-state index in [9.17, 15) is 9.59 Å². The molecule has 0 radical (unpaired) electrons. The van der Waals surface area contributed by atoms with Crippen molar-refractivity contribution in [2.24, 2.45) is 0 Å². The molecule has 6 nitrogen and oxygen atoms in total. The molecule has 2 aromatic carbocycles. The van der Waals surface area contributed by atoms with Gasteiger partial charge in [-0.05, 0) is 49.7 Å². The monoisotopic (exact) mass is 397 g/mol. The molecule has 0 aliphatic rings. The molecule has 0 atom stereocenters. The molecule has 144 valence electrons. The first-order chi connectivity index (χ1) is 13.5. The number of benzene rings is 2. The predicted molar refractivity (Wildman–Crippen MR) is 108 cm³/mol. The Kier molecular flexibility index (Phi) is 6.11. The number of imidazole rings is 1. The molecule has 28 heavy (non-hydrogen) atoms. The number of hydrogen-bond donors (Lipinski definition) is 1. The van der Waals surface area contributed by atoms with E-state index < -0.39 is 5.97 Å². The van der Waals surface area contributed by atoms with Gasteiger partial charge in [0.15, 0.2) is 0 Å². The number of halogens is 1. The Labute approximate surface area is 168 Å². The van der Waals surface area contributed by atoms with E-state index in [1.165, 1.54) is 6.07 Å². The summed E-state index contributed by atoms with van der Waals surface area (Å²) >= 11 is 6.05. The number of amides is 1. The van der Waals surface area contributed by atoms with Gasteiger partial charge in [0.2, 0.25) is 0 Å². The van der Waals surface area contributed by atoms with Crippen LogP contribution >= 0.6 is 11.6 Å². The van der Waals surface area contributed by atoms with Gasteiger partial charge in [-0.3, -0.25) is 4.79 Å². The number of hydrogen-bond acceptors (Lipinski definition) is 4. The lowest BCUT2D eigenvalue weighted by atomic mass is 10.1. The van der Waals surface area contributed by atoms with Gasteiger partial charge in [-0.2, -0.15) is 0 Å². The number of anilines is 1. The maximum Gasteiger partial charge on any atom is 0.339 e. The molecule has 1 heterocycles. The summed E-state index contributed by atoms with van der Waals surface area (Å²) in [5.41, 5.74) is 2.26. The number of carbonyl (C=O) groups excluding carboxylic acids is 2. The molecule has 0 saturated heterocycles. The normalized spacial score (nSPS) is 10.5. The molecule has 0 aliphatic carbocycles. The first-order valence-corrected chi connectivity index (χ1v) is 9.20. The molecular formula is C21H20ClN3O3. The number of ether oxygens (including phenoxy) is 1. The molecule has 0 spiro atoms. The average molecular weight is 398 g/mol. The number of aryl methyl sites for hydroxylation is 1. The van der Waals surface area contributed by atoms with E-state index in [4.69, 9.17) is 16.3 Å². The average Bonchev–Trinajstić information content (AvgIpc) is 3.08. The summed E-state index contributed by atoms with van der Waals surface area (Å²) in [6, 6.07) is 12.0. The molecule has 3 rings (SSSR count). The molecular weight excluding hydrogens is 378 g/mol. The van der Waals surface area contributed by atoms with Crippen LogP contribution < -0.4 is 5.32 Å². The van der Waals surface area contributed by atoms with E-state index in [0.29, 0.717) is 17.8 Å². The number of nitrogens with one attached hydrogen (secondary N) is 1. The summed E-state index contributed by atoms with van der Waals surface area (Å²) in [6.45, 7) is 4.60. The van der Waals surface area contributed by atoms with Gasteiger partial charge in [0.1, 0.15) is 5.82 Å². The van der Waals surface area contributed by atoms with Crippen molar-refractivity contribution in [1.29, 1.82) is 0 Å². The Balaban J connectivity index is 1.70. The molecule has 0 unspecified atom stereocenters. The molecule has 7 heteroatoms. The van der Waals surface area contributed by atoms with Gasteiger partial charge in [0, 0.05) is 30.2 Å². The molecule has 1 N–H and O–H groups in total. The quantitative estimate of drug-likeness (QED) is 0.628. The van der Waals surface area contributed by atoms with Crippen LogP contribution in [0.5, 0.6) is 0 Å². The Hall–Kier alpha value is -3.12. The zero-order valence-corrected chi connectivity index (χ0v) is 16.4. The highest BCUT2D eigenvalue weighted by molar-refractivity contribution is 6.33. The van der Waals surface area contributed by atoms with E-state index in [1.54, 1.807) is 37.4 Å². The first-order valence-electron chi connectivity index (χ1n) is 8.82. The Bertz CT molecular complexity index is 996. The van der Waals surface area contributed by atoms with Gasteiger partial charge >= 0.3 is 5.97 Å². The van der Waals surface area contributed by atoms with E-state index in [1.807, 2.05) is 29.8 Å². The van der Waals surface area contributed by atoms with Crippen LogP contribution in [0.3, 0.4) is 0 Å². The van der Waals surface area contributed by atoms with Crippen LogP contribution in [0.15, 0.2) is 54.9 Å². The third-order valence-electron chi connectivity index (χ3n) is 4.21. The van der Waals surface area contributed by atoms with Crippen molar-refractivity contribution in [3.8, 4) is 0 Å². The van der Waals surface area contributed by atoms with Crippen LogP contribution in [-0.2, 0) is 11.3 Å². The fourth-order valence-corrected chi connectivity index (χ4v) is 2.90. The summed E-state index contributed by atoms with van der Waals surface area (Å²) < 4.78 is 7.00. The van der Waals surface area contributed by atoms with Crippen molar-refractivity contribution in [3.05, 3.63) is 82.4 Å². The minimum atomic E-state index is -0.525. The van der Waals surface area contributed by atoms with Crippen LogP contribution in [0.25, 0.3) is 0 Å². The van der Waals surface area contributed by atoms with Crippen LogP contribution in [0, 0.1) is 6.92 Å². The van der Waals surface area contributed by atoms with Crippen molar-refractivity contribution in [2.45, 2.75) is 20.4 Å². The van der Waals surface area contributed by atoms with Crippen molar-refractivity contribution >= 4 is 29.2 Å². The van der Waals surface area contributed by atoms with Crippen LogP contribution in [-0.4, -0.2) is 28.0 Å². The molecule has 1 amide bonds. The van der Waals surface area contributed by atoms with Gasteiger partial charge in [-0.15, -0.1) is 0 Å². The lowest BCUT2D eigenvalue weighted by Gasteiger charge is -2.10. The van der Waals surface area contributed by atoms with Crippen molar-refractivity contribution in [1.82, 2.24) is 9.55 Å². The van der Waals surface area contributed by atoms with Crippen LogP contribution in [0.4, 0.5) is 5.69 Å². The molecule has 0 aliphatic heterocycles.